The Morgan fingerprint density at radius 1 is 1.16 bits per heavy atom. The average Bonchev–Trinajstić information content (AvgIpc) is 2.90. The number of benzene rings is 1. The summed E-state index contributed by atoms with van der Waals surface area (Å²) in [6, 6.07) is 3.12. The third kappa shape index (κ3) is 3.01. The van der Waals surface area contributed by atoms with Crippen molar-refractivity contribution in [3.8, 4) is 0 Å². The van der Waals surface area contributed by atoms with Crippen LogP contribution < -0.4 is 5.32 Å². The molecule has 1 aromatic rings. The summed E-state index contributed by atoms with van der Waals surface area (Å²) in [5.74, 6) is 1.05. The molecule has 2 aliphatic heterocycles. The maximum atomic E-state index is 13.2. The van der Waals surface area contributed by atoms with Crippen molar-refractivity contribution in [2.45, 2.75) is 6.54 Å². The molecule has 3 rings (SSSR count). The van der Waals surface area contributed by atoms with E-state index < -0.39 is 5.82 Å². The molecule has 19 heavy (non-hydrogen) atoms. The van der Waals surface area contributed by atoms with E-state index in [-0.39, 0.29) is 17.4 Å². The lowest BCUT2D eigenvalue weighted by Crippen LogP contribution is -2.25. The van der Waals surface area contributed by atoms with Crippen LogP contribution in [0.15, 0.2) is 12.1 Å². The molecule has 2 atom stereocenters. The summed E-state index contributed by atoms with van der Waals surface area (Å²) in [6.07, 6.45) is 0. The van der Waals surface area contributed by atoms with Crippen LogP contribution in [0.25, 0.3) is 0 Å². The topological polar surface area (TPSA) is 15.3 Å². The fraction of sp³-hybridized carbons (Fsp3) is 0.538. The quantitative estimate of drug-likeness (QED) is 0.840. The van der Waals surface area contributed by atoms with Gasteiger partial charge in [0, 0.05) is 19.6 Å². The third-order valence-corrected chi connectivity index (χ3v) is 4.87. The molecule has 0 unspecified atom stereocenters. The van der Waals surface area contributed by atoms with Crippen molar-refractivity contribution in [3.05, 3.63) is 33.6 Å². The number of halogens is 4. The van der Waals surface area contributed by atoms with Gasteiger partial charge in [-0.1, -0.05) is 29.3 Å². The highest BCUT2D eigenvalue weighted by atomic mass is 35.5. The first kappa shape index (κ1) is 15.3. The highest BCUT2D eigenvalue weighted by Crippen LogP contribution is 2.32. The number of likely N-dealkylation sites (tertiary alicyclic amines) is 1. The van der Waals surface area contributed by atoms with Crippen molar-refractivity contribution in [1.82, 2.24) is 10.2 Å². The monoisotopic (exact) mass is 324 g/mol. The van der Waals surface area contributed by atoms with Crippen LogP contribution in [0.4, 0.5) is 4.39 Å². The van der Waals surface area contributed by atoms with Gasteiger partial charge < -0.3 is 5.32 Å². The van der Waals surface area contributed by atoms with Crippen molar-refractivity contribution in [1.29, 1.82) is 0 Å². The summed E-state index contributed by atoms with van der Waals surface area (Å²) in [5.41, 5.74) is 0.913. The van der Waals surface area contributed by atoms with Crippen LogP contribution in [0.3, 0.4) is 0 Å². The standard InChI is InChI=1S/C13H15Cl2FN2.ClH/c14-12-8(1-2-11(16)13(12)15)5-18-6-9-3-17-4-10(9)7-18;/h1-2,9-10,17H,3-7H2;1H/t9-,10+;. The van der Waals surface area contributed by atoms with Crippen LogP contribution >= 0.6 is 35.6 Å². The summed E-state index contributed by atoms with van der Waals surface area (Å²) in [4.78, 5) is 2.38. The minimum Gasteiger partial charge on any atom is -0.316 e. The Kier molecular flexibility index (Phi) is 4.96. The highest BCUT2D eigenvalue weighted by molar-refractivity contribution is 6.42. The van der Waals surface area contributed by atoms with Gasteiger partial charge in [0.1, 0.15) is 5.82 Å². The molecule has 1 aromatic carbocycles. The zero-order valence-electron chi connectivity index (χ0n) is 10.3. The second-order valence-corrected chi connectivity index (χ2v) is 5.96. The van der Waals surface area contributed by atoms with Gasteiger partial charge in [-0.25, -0.2) is 4.39 Å². The van der Waals surface area contributed by atoms with Gasteiger partial charge in [-0.15, -0.1) is 12.4 Å². The summed E-state index contributed by atoms with van der Waals surface area (Å²) >= 11 is 11.9. The summed E-state index contributed by atoms with van der Waals surface area (Å²) in [7, 11) is 0. The van der Waals surface area contributed by atoms with E-state index in [0.29, 0.717) is 5.02 Å². The molecule has 2 nitrogen and oxygen atoms in total. The summed E-state index contributed by atoms with van der Waals surface area (Å²) in [6.45, 7) is 5.15. The maximum Gasteiger partial charge on any atom is 0.143 e. The van der Waals surface area contributed by atoms with E-state index in [1.807, 2.05) is 0 Å². The van der Waals surface area contributed by atoms with Gasteiger partial charge in [-0.3, -0.25) is 4.90 Å². The van der Waals surface area contributed by atoms with Crippen LogP contribution in [0.1, 0.15) is 5.56 Å². The van der Waals surface area contributed by atoms with Gasteiger partial charge in [0.25, 0.3) is 0 Å². The molecule has 2 saturated heterocycles. The average molecular weight is 326 g/mol. The zero-order valence-corrected chi connectivity index (χ0v) is 12.7. The molecule has 0 radical (unpaired) electrons. The second kappa shape index (κ2) is 6.15. The molecule has 2 aliphatic rings. The predicted octanol–water partition coefficient (Wildman–Crippen LogP) is 3.21. The van der Waals surface area contributed by atoms with Crippen LogP contribution in [-0.2, 0) is 6.54 Å². The van der Waals surface area contributed by atoms with Crippen molar-refractivity contribution in [2.24, 2.45) is 11.8 Å². The first-order valence-electron chi connectivity index (χ1n) is 6.20. The minimum atomic E-state index is -0.451. The molecular formula is C13H16Cl3FN2. The molecular weight excluding hydrogens is 310 g/mol. The summed E-state index contributed by atoms with van der Waals surface area (Å²) in [5, 5.41) is 3.80. The fourth-order valence-corrected chi connectivity index (χ4v) is 3.41. The van der Waals surface area contributed by atoms with E-state index in [4.69, 9.17) is 23.2 Å². The molecule has 1 N–H and O–H groups in total. The molecule has 0 saturated carbocycles. The Morgan fingerprint density at radius 3 is 2.42 bits per heavy atom. The van der Waals surface area contributed by atoms with Gasteiger partial charge >= 0.3 is 0 Å². The molecule has 0 aliphatic carbocycles. The molecule has 0 spiro atoms. The number of rotatable bonds is 2. The Labute approximate surface area is 128 Å². The van der Waals surface area contributed by atoms with E-state index in [9.17, 15) is 4.39 Å². The van der Waals surface area contributed by atoms with Gasteiger partial charge in [-0.2, -0.15) is 0 Å². The lowest BCUT2D eigenvalue weighted by Gasteiger charge is -2.18. The maximum absolute atomic E-state index is 13.2. The molecule has 6 heteroatoms. The SMILES string of the molecule is Cl.Fc1ccc(CN2C[C@H]3CNC[C@H]3C2)c(Cl)c1Cl. The Morgan fingerprint density at radius 2 is 1.79 bits per heavy atom. The van der Waals surface area contributed by atoms with Crippen molar-refractivity contribution in [3.63, 3.8) is 0 Å². The number of nitrogens with one attached hydrogen (secondary N) is 1. The van der Waals surface area contributed by atoms with Crippen LogP contribution in [-0.4, -0.2) is 31.1 Å². The number of fused-ring (bicyclic) bond motifs is 1. The van der Waals surface area contributed by atoms with Gasteiger partial charge in [0.2, 0.25) is 0 Å². The third-order valence-electron chi connectivity index (χ3n) is 3.97. The molecule has 2 fully saturated rings. The lowest BCUT2D eigenvalue weighted by atomic mass is 10.0. The number of hydrogen-bond acceptors (Lipinski definition) is 2. The smallest absolute Gasteiger partial charge is 0.143 e. The van der Waals surface area contributed by atoms with E-state index in [2.05, 4.69) is 10.2 Å². The molecule has 0 amide bonds. The zero-order chi connectivity index (χ0) is 12.7. The Hall–Kier alpha value is -0.0600. The van der Waals surface area contributed by atoms with Crippen molar-refractivity contribution < 1.29 is 4.39 Å². The number of hydrogen-bond donors (Lipinski definition) is 1. The van der Waals surface area contributed by atoms with E-state index in [1.54, 1.807) is 6.07 Å². The molecule has 0 aromatic heterocycles. The van der Waals surface area contributed by atoms with Crippen LogP contribution in [0.5, 0.6) is 0 Å². The van der Waals surface area contributed by atoms with Crippen LogP contribution in [0, 0.1) is 17.7 Å². The van der Waals surface area contributed by atoms with Crippen molar-refractivity contribution >= 4 is 35.6 Å². The van der Waals surface area contributed by atoms with Gasteiger partial charge in [-0.05, 0) is 36.6 Å². The minimum absolute atomic E-state index is 0. The van der Waals surface area contributed by atoms with E-state index in [1.165, 1.54) is 6.07 Å². The molecule has 0 bridgehead atoms. The molecule has 106 valence electrons. The fourth-order valence-electron chi connectivity index (χ4n) is 3.01. The van der Waals surface area contributed by atoms with Gasteiger partial charge in [0.05, 0.1) is 10.0 Å². The first-order chi connectivity index (χ1) is 8.65. The second-order valence-electron chi connectivity index (χ2n) is 5.21. The Balaban J connectivity index is 0.00000133. The largest absolute Gasteiger partial charge is 0.316 e. The van der Waals surface area contributed by atoms with E-state index >= 15 is 0 Å². The molecule has 2 heterocycles. The first-order valence-corrected chi connectivity index (χ1v) is 6.96. The van der Waals surface area contributed by atoms with Crippen molar-refractivity contribution in [2.75, 3.05) is 26.2 Å². The Bertz CT molecular complexity index is 457. The summed E-state index contributed by atoms with van der Waals surface area (Å²) < 4.78 is 13.2. The van der Waals surface area contributed by atoms with E-state index in [0.717, 1.165) is 50.1 Å². The van der Waals surface area contributed by atoms with Crippen LogP contribution in [0.2, 0.25) is 10.0 Å². The number of nitrogens with zero attached hydrogens (tertiary/aromatic N) is 1. The van der Waals surface area contributed by atoms with Gasteiger partial charge in [0.15, 0.2) is 0 Å². The predicted molar refractivity (Wildman–Crippen MR) is 78.8 cm³/mol. The normalized spacial score (nSPS) is 26.3. The lowest BCUT2D eigenvalue weighted by molar-refractivity contribution is 0.305. The highest BCUT2D eigenvalue weighted by Gasteiger charge is 2.36.